The van der Waals surface area contributed by atoms with Crippen LogP contribution in [0.5, 0.6) is 0 Å². The summed E-state index contributed by atoms with van der Waals surface area (Å²) in [6.07, 6.45) is 6.53. The van der Waals surface area contributed by atoms with Gasteiger partial charge in [0, 0.05) is 6.42 Å². The van der Waals surface area contributed by atoms with Crippen LogP contribution in [0.1, 0.15) is 32.6 Å². The minimum atomic E-state index is -0.778. The first-order valence-corrected chi connectivity index (χ1v) is 4.03. The average molecular weight is 166 g/mol. The highest BCUT2D eigenvalue weighted by Crippen LogP contribution is 1.96. The van der Waals surface area contributed by atoms with E-state index < -0.39 is 5.97 Å². The first-order chi connectivity index (χ1) is 5.77. The molecule has 1 N–H and O–H groups in total. The Kier molecular flexibility index (Phi) is 7.07. The second-order valence-electron chi connectivity index (χ2n) is 2.39. The van der Waals surface area contributed by atoms with Crippen molar-refractivity contribution < 1.29 is 9.90 Å². The fraction of sp³-hybridized carbons (Fsp3) is 0.500. The topological polar surface area (TPSA) is 37.3 Å². The highest BCUT2D eigenvalue weighted by atomic mass is 16.4. The lowest BCUT2D eigenvalue weighted by atomic mass is 10.2. The molecule has 0 aromatic carbocycles. The van der Waals surface area contributed by atoms with E-state index in [9.17, 15) is 4.79 Å². The molecule has 0 heterocycles. The van der Waals surface area contributed by atoms with Crippen molar-refractivity contribution in [2.45, 2.75) is 32.6 Å². The van der Waals surface area contributed by atoms with Crippen molar-refractivity contribution in [3.63, 3.8) is 0 Å². The van der Waals surface area contributed by atoms with E-state index in [1.807, 2.05) is 13.0 Å². The Morgan fingerprint density at radius 2 is 2.25 bits per heavy atom. The van der Waals surface area contributed by atoms with E-state index in [4.69, 9.17) is 5.11 Å². The van der Waals surface area contributed by atoms with Crippen molar-refractivity contribution in [1.82, 2.24) is 0 Å². The van der Waals surface area contributed by atoms with E-state index in [1.165, 1.54) is 0 Å². The molecule has 0 amide bonds. The summed E-state index contributed by atoms with van der Waals surface area (Å²) in [6.45, 7) is 1.82. The van der Waals surface area contributed by atoms with Crippen LogP contribution in [0.3, 0.4) is 0 Å². The second-order valence-corrected chi connectivity index (χ2v) is 2.39. The van der Waals surface area contributed by atoms with Gasteiger partial charge in [-0.15, -0.1) is 11.8 Å². The Balaban J connectivity index is 3.22. The van der Waals surface area contributed by atoms with Gasteiger partial charge in [0.15, 0.2) is 0 Å². The van der Waals surface area contributed by atoms with Gasteiger partial charge in [-0.1, -0.05) is 12.2 Å². The molecule has 66 valence electrons. The molecule has 0 aliphatic heterocycles. The van der Waals surface area contributed by atoms with Gasteiger partial charge in [0.25, 0.3) is 0 Å². The second kappa shape index (κ2) is 7.87. The van der Waals surface area contributed by atoms with Crippen LogP contribution in [0.25, 0.3) is 0 Å². The van der Waals surface area contributed by atoms with E-state index >= 15 is 0 Å². The number of hydrogen-bond donors (Lipinski definition) is 1. The van der Waals surface area contributed by atoms with Crippen molar-refractivity contribution in [2.75, 3.05) is 0 Å². The third kappa shape index (κ3) is 8.77. The fourth-order valence-electron chi connectivity index (χ4n) is 0.735. The van der Waals surface area contributed by atoms with Gasteiger partial charge in [-0.3, -0.25) is 4.79 Å². The zero-order valence-corrected chi connectivity index (χ0v) is 7.34. The van der Waals surface area contributed by atoms with Crippen LogP contribution in [-0.4, -0.2) is 11.1 Å². The van der Waals surface area contributed by atoms with Gasteiger partial charge < -0.3 is 5.11 Å². The Morgan fingerprint density at radius 3 is 2.83 bits per heavy atom. The molecule has 0 aliphatic rings. The van der Waals surface area contributed by atoms with E-state index in [1.54, 1.807) is 6.08 Å². The largest absolute Gasteiger partial charge is 0.481 e. The predicted octanol–water partition coefficient (Wildman–Crippen LogP) is 2.21. The lowest BCUT2D eigenvalue weighted by molar-refractivity contribution is -0.136. The van der Waals surface area contributed by atoms with E-state index in [-0.39, 0.29) is 6.42 Å². The molecule has 0 unspecified atom stereocenters. The van der Waals surface area contributed by atoms with Crippen LogP contribution >= 0.6 is 0 Å². The molecule has 0 rings (SSSR count). The maximum atomic E-state index is 10.1. The maximum Gasteiger partial charge on any atom is 0.307 e. The smallest absolute Gasteiger partial charge is 0.307 e. The summed E-state index contributed by atoms with van der Waals surface area (Å²) in [4.78, 5) is 10.1. The zero-order valence-electron chi connectivity index (χ0n) is 7.34. The minimum Gasteiger partial charge on any atom is -0.481 e. The Bertz CT molecular complexity index is 206. The van der Waals surface area contributed by atoms with Crippen molar-refractivity contribution >= 4 is 5.97 Å². The van der Waals surface area contributed by atoms with Crippen LogP contribution in [0.15, 0.2) is 12.2 Å². The van der Waals surface area contributed by atoms with Crippen LogP contribution in [0, 0.1) is 11.8 Å². The van der Waals surface area contributed by atoms with Crippen molar-refractivity contribution in [2.24, 2.45) is 0 Å². The van der Waals surface area contributed by atoms with Gasteiger partial charge in [0.2, 0.25) is 0 Å². The molecule has 0 aromatic rings. The monoisotopic (exact) mass is 166 g/mol. The number of carbonyl (C=O) groups is 1. The van der Waals surface area contributed by atoms with Gasteiger partial charge >= 0.3 is 5.97 Å². The Hall–Kier alpha value is -1.23. The summed E-state index contributed by atoms with van der Waals surface area (Å²) in [5, 5.41) is 8.28. The van der Waals surface area contributed by atoms with Crippen LogP contribution in [-0.2, 0) is 4.79 Å². The summed E-state index contributed by atoms with van der Waals surface area (Å²) < 4.78 is 0. The van der Waals surface area contributed by atoms with Crippen molar-refractivity contribution in [3.05, 3.63) is 12.2 Å². The Morgan fingerprint density at radius 1 is 1.50 bits per heavy atom. The van der Waals surface area contributed by atoms with Crippen molar-refractivity contribution in [1.29, 1.82) is 0 Å². The standard InChI is InChI=1S/C10H14O2/c1-2-3-4-5-6-7-8-9-10(11)12/h7-8H,4-6,9H2,1H3,(H,11,12). The maximum absolute atomic E-state index is 10.1. The molecule has 0 fully saturated rings. The molecule has 12 heavy (non-hydrogen) atoms. The lowest BCUT2D eigenvalue weighted by Crippen LogP contribution is -1.89. The molecule has 0 spiro atoms. The third-order valence-electron chi connectivity index (χ3n) is 1.31. The molecule has 0 saturated carbocycles. The molecule has 2 nitrogen and oxygen atoms in total. The van der Waals surface area contributed by atoms with Crippen LogP contribution in [0.2, 0.25) is 0 Å². The number of hydrogen-bond acceptors (Lipinski definition) is 1. The molecule has 0 bridgehead atoms. The zero-order chi connectivity index (χ0) is 9.23. The molecule has 2 heteroatoms. The Labute approximate surface area is 73.3 Å². The van der Waals surface area contributed by atoms with Gasteiger partial charge in [0.05, 0.1) is 6.42 Å². The number of unbranched alkanes of at least 4 members (excludes halogenated alkanes) is 2. The predicted molar refractivity (Wildman–Crippen MR) is 48.7 cm³/mol. The summed E-state index contributed by atoms with van der Waals surface area (Å²) in [5.74, 6) is 4.98. The first kappa shape index (κ1) is 10.8. The van der Waals surface area contributed by atoms with Gasteiger partial charge in [0.1, 0.15) is 0 Å². The SMILES string of the molecule is CC#CCCCC=CCC(=O)O. The fourth-order valence-corrected chi connectivity index (χ4v) is 0.735. The molecule has 0 saturated heterocycles. The summed E-state index contributed by atoms with van der Waals surface area (Å²) in [7, 11) is 0. The number of carboxylic acid groups (broad SMARTS) is 1. The minimum absolute atomic E-state index is 0.124. The van der Waals surface area contributed by atoms with E-state index in [2.05, 4.69) is 11.8 Å². The van der Waals surface area contributed by atoms with Gasteiger partial charge in [-0.2, -0.15) is 0 Å². The van der Waals surface area contributed by atoms with Crippen LogP contribution < -0.4 is 0 Å². The highest BCUT2D eigenvalue weighted by Gasteiger charge is 1.88. The van der Waals surface area contributed by atoms with Gasteiger partial charge in [-0.25, -0.2) is 0 Å². The average Bonchev–Trinajstić information content (AvgIpc) is 2.02. The summed E-state index contributed by atoms with van der Waals surface area (Å²) >= 11 is 0. The molecule has 0 radical (unpaired) electrons. The van der Waals surface area contributed by atoms with Gasteiger partial charge in [-0.05, 0) is 19.8 Å². The normalized spacial score (nSPS) is 9.42. The summed E-state index contributed by atoms with van der Waals surface area (Å²) in [6, 6.07) is 0. The molecule has 0 aromatic heterocycles. The van der Waals surface area contributed by atoms with E-state index in [0.29, 0.717) is 0 Å². The highest BCUT2D eigenvalue weighted by molar-refractivity contribution is 5.68. The third-order valence-corrected chi connectivity index (χ3v) is 1.31. The molecular weight excluding hydrogens is 152 g/mol. The quantitative estimate of drug-likeness (QED) is 0.386. The number of allylic oxidation sites excluding steroid dienone is 1. The van der Waals surface area contributed by atoms with E-state index in [0.717, 1.165) is 19.3 Å². The van der Waals surface area contributed by atoms with Crippen LogP contribution in [0.4, 0.5) is 0 Å². The first-order valence-electron chi connectivity index (χ1n) is 4.03. The molecular formula is C10H14O2. The molecule has 0 aliphatic carbocycles. The lowest BCUT2D eigenvalue weighted by Gasteiger charge is -1.87. The van der Waals surface area contributed by atoms with Crippen molar-refractivity contribution in [3.8, 4) is 11.8 Å². The number of aliphatic carboxylic acids is 1. The summed E-state index contributed by atoms with van der Waals surface area (Å²) in [5.41, 5.74) is 0. The molecule has 0 atom stereocenters. The number of rotatable bonds is 5. The number of carboxylic acids is 1.